The van der Waals surface area contributed by atoms with Crippen molar-refractivity contribution in [1.29, 1.82) is 5.26 Å². The van der Waals surface area contributed by atoms with E-state index < -0.39 is 11.9 Å². The lowest BCUT2D eigenvalue weighted by Gasteiger charge is -2.27. The van der Waals surface area contributed by atoms with E-state index in [0.717, 1.165) is 16.5 Å². The van der Waals surface area contributed by atoms with Gasteiger partial charge in [-0.05, 0) is 66.9 Å². The van der Waals surface area contributed by atoms with Crippen molar-refractivity contribution < 1.29 is 32.5 Å². The number of hydrogen-bond donors (Lipinski definition) is 1. The van der Waals surface area contributed by atoms with E-state index >= 15 is 0 Å². The molecule has 4 aromatic carbocycles. The number of methoxy groups -OCH3 is 1. The van der Waals surface area contributed by atoms with Crippen LogP contribution in [0.25, 0.3) is 11.0 Å². The highest BCUT2D eigenvalue weighted by Crippen LogP contribution is 2.45. The summed E-state index contributed by atoms with van der Waals surface area (Å²) < 4.78 is 42.1. The minimum absolute atomic E-state index is 0.0624. The number of nitriles is 1. The summed E-state index contributed by atoms with van der Waals surface area (Å²) in [6.45, 7) is 3.96. The third-order valence-electron chi connectivity index (χ3n) is 7.51. The fourth-order valence-electron chi connectivity index (χ4n) is 5.25. The number of furan rings is 1. The van der Waals surface area contributed by atoms with Crippen LogP contribution in [0, 0.1) is 31.0 Å². The van der Waals surface area contributed by atoms with Gasteiger partial charge in [0.2, 0.25) is 11.6 Å². The first-order valence-electron chi connectivity index (χ1n) is 13.7. The summed E-state index contributed by atoms with van der Waals surface area (Å²) in [5.41, 5.74) is 10.9. The molecule has 0 saturated carbocycles. The number of nitrogens with two attached hydrogens (primary N) is 1. The molecule has 0 fully saturated rings. The number of allylic oxidation sites excluding steroid dienone is 1. The average Bonchev–Trinajstić information content (AvgIpc) is 3.35. The largest absolute Gasteiger partial charge is 0.493 e. The fourth-order valence-corrected chi connectivity index (χ4v) is 5.25. The number of carbonyl (C=O) groups excluding carboxylic acids is 1. The van der Waals surface area contributed by atoms with Crippen LogP contribution in [0.2, 0.25) is 0 Å². The highest BCUT2D eigenvalue weighted by atomic mass is 19.1. The van der Waals surface area contributed by atoms with Gasteiger partial charge in [0.15, 0.2) is 11.5 Å². The minimum atomic E-state index is -0.647. The van der Waals surface area contributed by atoms with E-state index in [1.54, 1.807) is 49.4 Å². The Morgan fingerprint density at radius 3 is 2.55 bits per heavy atom. The maximum Gasteiger partial charge on any atom is 0.379 e. The zero-order valence-corrected chi connectivity index (χ0v) is 24.1. The van der Waals surface area contributed by atoms with Crippen molar-refractivity contribution in [3.63, 3.8) is 0 Å². The molecule has 0 radical (unpaired) electrons. The Morgan fingerprint density at radius 1 is 1.00 bits per heavy atom. The SMILES string of the molecule is COc1cc(C2C(C#N)=C(N)Oc3cc(OC(=O)c4oc5cc(C)ccc5c4C)ccc32)ccc1OCc1ccc(F)cc1. The second-order valence-electron chi connectivity index (χ2n) is 10.4. The van der Waals surface area contributed by atoms with E-state index in [-0.39, 0.29) is 35.4 Å². The number of nitrogens with zero attached hydrogens (tertiary/aromatic N) is 1. The van der Waals surface area contributed by atoms with Crippen LogP contribution in [0.3, 0.4) is 0 Å². The van der Waals surface area contributed by atoms with Gasteiger partial charge >= 0.3 is 5.97 Å². The van der Waals surface area contributed by atoms with Gasteiger partial charge in [-0.25, -0.2) is 9.18 Å². The Bertz CT molecular complexity index is 1990. The standard InChI is InChI=1S/C35H27FN2O6/c1-19-4-11-25-20(2)33(43-29(25)14-19)35(39)42-24-10-12-26-30(16-24)44-34(38)27(17-37)32(26)22-7-13-28(31(15-22)40-3)41-18-21-5-8-23(36)9-6-21/h4-16,32H,18,38H2,1-3H3. The molecule has 1 unspecified atom stereocenters. The molecule has 2 N–H and O–H groups in total. The molecule has 0 amide bonds. The first-order chi connectivity index (χ1) is 21.2. The lowest BCUT2D eigenvalue weighted by Crippen LogP contribution is -2.21. The predicted molar refractivity (Wildman–Crippen MR) is 160 cm³/mol. The van der Waals surface area contributed by atoms with Crippen LogP contribution in [0.5, 0.6) is 23.0 Å². The summed E-state index contributed by atoms with van der Waals surface area (Å²) in [5, 5.41) is 10.8. The van der Waals surface area contributed by atoms with E-state index in [2.05, 4.69) is 6.07 Å². The number of halogens is 1. The van der Waals surface area contributed by atoms with E-state index in [1.165, 1.54) is 19.2 Å². The third kappa shape index (κ3) is 5.29. The number of benzene rings is 4. The molecule has 0 spiro atoms. The van der Waals surface area contributed by atoms with Crippen LogP contribution >= 0.6 is 0 Å². The molecular formula is C35H27FN2O6. The number of aryl methyl sites for hydroxylation is 2. The number of fused-ring (bicyclic) bond motifs is 2. The third-order valence-corrected chi connectivity index (χ3v) is 7.51. The summed E-state index contributed by atoms with van der Waals surface area (Å²) in [7, 11) is 1.52. The Morgan fingerprint density at radius 2 is 1.80 bits per heavy atom. The summed E-state index contributed by atoms with van der Waals surface area (Å²) in [5.74, 6) is -0.0371. The molecule has 0 aliphatic carbocycles. The molecule has 9 heteroatoms. The van der Waals surface area contributed by atoms with Crippen LogP contribution in [-0.2, 0) is 6.61 Å². The summed E-state index contributed by atoms with van der Waals surface area (Å²) in [6, 6.07) is 24.2. The molecule has 1 atom stereocenters. The number of ether oxygens (including phenoxy) is 4. The van der Waals surface area contributed by atoms with Crippen molar-refractivity contribution in [2.45, 2.75) is 26.4 Å². The minimum Gasteiger partial charge on any atom is -0.493 e. The predicted octanol–water partition coefficient (Wildman–Crippen LogP) is 7.21. The van der Waals surface area contributed by atoms with E-state index in [9.17, 15) is 14.4 Å². The molecule has 0 saturated heterocycles. The van der Waals surface area contributed by atoms with Gasteiger partial charge in [-0.2, -0.15) is 5.26 Å². The molecule has 5 aromatic rings. The van der Waals surface area contributed by atoms with Gasteiger partial charge in [0.1, 0.15) is 41.1 Å². The van der Waals surface area contributed by atoms with Gasteiger partial charge in [0.05, 0.1) is 13.0 Å². The van der Waals surface area contributed by atoms with Gasteiger partial charge in [-0.1, -0.05) is 36.4 Å². The molecule has 2 heterocycles. The molecule has 220 valence electrons. The normalized spacial score (nSPS) is 14.0. The second kappa shape index (κ2) is 11.5. The molecule has 8 nitrogen and oxygen atoms in total. The van der Waals surface area contributed by atoms with E-state index in [4.69, 9.17) is 29.1 Å². The molecule has 0 bridgehead atoms. The van der Waals surface area contributed by atoms with Crippen LogP contribution in [0.1, 0.15) is 44.3 Å². The highest BCUT2D eigenvalue weighted by molar-refractivity contribution is 5.97. The quantitative estimate of drug-likeness (QED) is 0.156. The average molecular weight is 591 g/mol. The molecule has 1 aliphatic rings. The molecule has 6 rings (SSSR count). The van der Waals surface area contributed by atoms with Crippen molar-refractivity contribution >= 4 is 16.9 Å². The van der Waals surface area contributed by atoms with Gasteiger partial charge in [-0.15, -0.1) is 0 Å². The molecule has 44 heavy (non-hydrogen) atoms. The monoisotopic (exact) mass is 590 g/mol. The Labute approximate surface area is 252 Å². The first kappa shape index (κ1) is 28.4. The van der Waals surface area contributed by atoms with Crippen LogP contribution in [0.15, 0.2) is 94.7 Å². The van der Waals surface area contributed by atoms with E-state index in [1.807, 2.05) is 31.2 Å². The van der Waals surface area contributed by atoms with Gasteiger partial charge in [0.25, 0.3) is 0 Å². The Hall–Kier alpha value is -5.75. The van der Waals surface area contributed by atoms with Crippen LogP contribution in [0.4, 0.5) is 4.39 Å². The Kier molecular flexibility index (Phi) is 7.41. The van der Waals surface area contributed by atoms with Crippen LogP contribution in [-0.4, -0.2) is 13.1 Å². The first-order valence-corrected chi connectivity index (χ1v) is 13.7. The second-order valence-corrected chi connectivity index (χ2v) is 10.4. The highest BCUT2D eigenvalue weighted by Gasteiger charge is 2.32. The molecule has 1 aromatic heterocycles. The lowest BCUT2D eigenvalue weighted by molar-refractivity contribution is 0.0702. The van der Waals surface area contributed by atoms with Gasteiger partial charge in [-0.3, -0.25) is 0 Å². The number of hydrogen-bond acceptors (Lipinski definition) is 8. The number of carbonyl (C=O) groups is 1. The van der Waals surface area contributed by atoms with Crippen molar-refractivity contribution in [3.8, 4) is 29.1 Å². The topological polar surface area (TPSA) is 117 Å². The van der Waals surface area contributed by atoms with Gasteiger partial charge in [0, 0.05) is 22.6 Å². The summed E-state index contributed by atoms with van der Waals surface area (Å²) in [4.78, 5) is 13.1. The van der Waals surface area contributed by atoms with Gasteiger partial charge < -0.3 is 29.1 Å². The van der Waals surface area contributed by atoms with Crippen LogP contribution < -0.4 is 24.7 Å². The van der Waals surface area contributed by atoms with Crippen molar-refractivity contribution in [3.05, 3.63) is 130 Å². The molecule has 1 aliphatic heterocycles. The van der Waals surface area contributed by atoms with Crippen molar-refractivity contribution in [1.82, 2.24) is 0 Å². The van der Waals surface area contributed by atoms with Crippen molar-refractivity contribution in [2.24, 2.45) is 5.73 Å². The van der Waals surface area contributed by atoms with E-state index in [0.29, 0.717) is 39.5 Å². The zero-order chi connectivity index (χ0) is 31.0. The summed E-state index contributed by atoms with van der Waals surface area (Å²) >= 11 is 0. The maximum absolute atomic E-state index is 13.3. The smallest absolute Gasteiger partial charge is 0.379 e. The fraction of sp³-hybridized carbons (Fsp3) is 0.143. The zero-order valence-electron chi connectivity index (χ0n) is 24.1. The maximum atomic E-state index is 13.3. The summed E-state index contributed by atoms with van der Waals surface area (Å²) in [6.07, 6.45) is 0. The van der Waals surface area contributed by atoms with Crippen molar-refractivity contribution in [2.75, 3.05) is 7.11 Å². The number of esters is 1. The number of rotatable bonds is 7. The lowest BCUT2D eigenvalue weighted by atomic mass is 9.83. The Balaban J connectivity index is 1.28. The molecular weight excluding hydrogens is 563 g/mol.